The SMILES string of the molecule is C1=CC2(c3ccc(-n4c5ccccc5c5cc(-c6ccc7c(c6)c6ccccc6n7-c6ccccc6)ccc54)cc3)C=CC3C1C3C=C2. The van der Waals surface area contributed by atoms with Gasteiger partial charge >= 0.3 is 0 Å². The van der Waals surface area contributed by atoms with E-state index in [1.54, 1.807) is 0 Å². The Morgan fingerprint density at radius 2 is 0.812 bits per heavy atom. The smallest absolute Gasteiger partial charge is 0.0541 e. The van der Waals surface area contributed by atoms with E-state index in [1.165, 1.54) is 71.7 Å². The molecule has 0 N–H and O–H groups in total. The Bertz CT molecular complexity index is 2630. The van der Waals surface area contributed by atoms with Crippen LogP contribution in [0.4, 0.5) is 0 Å². The van der Waals surface area contributed by atoms with E-state index in [9.17, 15) is 0 Å². The minimum atomic E-state index is -0.138. The Morgan fingerprint density at radius 3 is 1.33 bits per heavy atom. The molecule has 4 bridgehead atoms. The molecule has 2 heterocycles. The van der Waals surface area contributed by atoms with E-state index < -0.39 is 0 Å². The van der Waals surface area contributed by atoms with Gasteiger partial charge in [0.2, 0.25) is 0 Å². The van der Waals surface area contributed by atoms with Crippen molar-refractivity contribution in [2.45, 2.75) is 5.41 Å². The van der Waals surface area contributed by atoms with E-state index in [4.69, 9.17) is 0 Å². The maximum atomic E-state index is 2.45. The fourth-order valence-electron chi connectivity index (χ4n) is 8.76. The van der Waals surface area contributed by atoms with Gasteiger partial charge in [0.05, 0.1) is 22.1 Å². The van der Waals surface area contributed by atoms with Crippen LogP contribution in [0, 0.1) is 17.8 Å². The molecule has 0 atom stereocenters. The lowest BCUT2D eigenvalue weighted by atomic mass is 9.80. The Hall–Kier alpha value is -5.86. The van der Waals surface area contributed by atoms with Gasteiger partial charge in [0.1, 0.15) is 0 Å². The van der Waals surface area contributed by atoms with Crippen LogP contribution in [0.1, 0.15) is 5.56 Å². The Morgan fingerprint density at radius 1 is 0.375 bits per heavy atom. The molecule has 2 heteroatoms. The summed E-state index contributed by atoms with van der Waals surface area (Å²) in [4.78, 5) is 0. The standard InChI is InChI=1S/C46H32N2/c1-2-8-33(9-3-1)47-42-12-6-4-10-38(42)40-28-30(14-20-44(40)47)31-15-21-45-41(29-31)39-11-5-7-13-43(39)48(45)34-18-16-32(17-19-34)46-25-22-35-36(23-26-46)37(35)24-27-46/h1-29,35-37H. The van der Waals surface area contributed by atoms with Gasteiger partial charge in [-0.05, 0) is 95.1 Å². The first-order valence-electron chi connectivity index (χ1n) is 17.1. The quantitative estimate of drug-likeness (QED) is 0.175. The zero-order chi connectivity index (χ0) is 31.4. The normalized spacial score (nSPS) is 22.2. The molecule has 0 unspecified atom stereocenters. The second kappa shape index (κ2) is 9.59. The summed E-state index contributed by atoms with van der Waals surface area (Å²) in [6, 6.07) is 51.4. The van der Waals surface area contributed by atoms with Gasteiger partial charge in [-0.3, -0.25) is 0 Å². The predicted molar refractivity (Wildman–Crippen MR) is 200 cm³/mol. The van der Waals surface area contributed by atoms with Crippen molar-refractivity contribution in [1.29, 1.82) is 0 Å². The fourth-order valence-corrected chi connectivity index (χ4v) is 8.76. The summed E-state index contributed by atoms with van der Waals surface area (Å²) in [7, 11) is 0. The van der Waals surface area contributed by atoms with Crippen LogP contribution in [0.15, 0.2) is 176 Å². The van der Waals surface area contributed by atoms with Crippen molar-refractivity contribution in [3.05, 3.63) is 182 Å². The van der Waals surface area contributed by atoms with Crippen LogP contribution in [-0.2, 0) is 5.41 Å². The molecule has 4 aliphatic carbocycles. The second-order valence-corrected chi connectivity index (χ2v) is 13.8. The molecule has 2 nitrogen and oxygen atoms in total. The van der Waals surface area contributed by atoms with Crippen molar-refractivity contribution in [3.63, 3.8) is 0 Å². The lowest BCUT2D eigenvalue weighted by Crippen LogP contribution is -2.17. The number of rotatable bonds is 4. The molecule has 1 fully saturated rings. The van der Waals surface area contributed by atoms with Crippen molar-refractivity contribution < 1.29 is 0 Å². The summed E-state index contributed by atoms with van der Waals surface area (Å²) in [6.07, 6.45) is 14.6. The van der Waals surface area contributed by atoms with Crippen LogP contribution < -0.4 is 0 Å². The highest BCUT2D eigenvalue weighted by atomic mass is 15.0. The minimum absolute atomic E-state index is 0.138. The average molecular weight is 613 g/mol. The summed E-state index contributed by atoms with van der Waals surface area (Å²) in [5.74, 6) is 2.08. The number of para-hydroxylation sites is 3. The van der Waals surface area contributed by atoms with Gasteiger partial charge in [0.25, 0.3) is 0 Å². The molecular formula is C46H32N2. The van der Waals surface area contributed by atoms with E-state index in [-0.39, 0.29) is 5.41 Å². The molecule has 6 aromatic carbocycles. The zero-order valence-electron chi connectivity index (χ0n) is 26.4. The molecular weight excluding hydrogens is 581 g/mol. The molecule has 226 valence electrons. The van der Waals surface area contributed by atoms with Crippen LogP contribution in [0.5, 0.6) is 0 Å². The highest BCUT2D eigenvalue weighted by Gasteiger charge is 2.49. The van der Waals surface area contributed by atoms with Crippen molar-refractivity contribution in [2.24, 2.45) is 17.8 Å². The molecule has 48 heavy (non-hydrogen) atoms. The van der Waals surface area contributed by atoms with Gasteiger partial charge in [-0.2, -0.15) is 0 Å². The van der Waals surface area contributed by atoms with E-state index >= 15 is 0 Å². The van der Waals surface area contributed by atoms with Crippen LogP contribution in [-0.4, -0.2) is 9.13 Å². The van der Waals surface area contributed by atoms with Gasteiger partial charge in [0, 0.05) is 38.3 Å². The number of benzene rings is 6. The van der Waals surface area contributed by atoms with Crippen molar-refractivity contribution in [2.75, 3.05) is 0 Å². The summed E-state index contributed by atoms with van der Waals surface area (Å²) in [6.45, 7) is 0. The fraction of sp³-hybridized carbons (Fsp3) is 0.0870. The Labute approximate surface area is 279 Å². The predicted octanol–water partition coefficient (Wildman–Crippen LogP) is 11.3. The average Bonchev–Trinajstić information content (AvgIpc) is 3.77. The van der Waals surface area contributed by atoms with Crippen LogP contribution in [0.2, 0.25) is 0 Å². The number of aromatic nitrogens is 2. The molecule has 0 aliphatic heterocycles. The second-order valence-electron chi connectivity index (χ2n) is 13.8. The molecule has 1 saturated carbocycles. The van der Waals surface area contributed by atoms with Gasteiger partial charge in [-0.25, -0.2) is 0 Å². The minimum Gasteiger partial charge on any atom is -0.309 e. The third kappa shape index (κ3) is 3.63. The first-order valence-corrected chi connectivity index (χ1v) is 17.1. The molecule has 0 saturated heterocycles. The van der Waals surface area contributed by atoms with Gasteiger partial charge < -0.3 is 9.13 Å². The number of hydrogen-bond donors (Lipinski definition) is 0. The maximum Gasteiger partial charge on any atom is 0.0541 e. The summed E-state index contributed by atoms with van der Waals surface area (Å²) >= 11 is 0. The van der Waals surface area contributed by atoms with Crippen molar-refractivity contribution in [1.82, 2.24) is 9.13 Å². The highest BCUT2D eigenvalue weighted by Crippen LogP contribution is 2.55. The summed E-state index contributed by atoms with van der Waals surface area (Å²) in [5, 5.41) is 5.09. The molecule has 2 aromatic heterocycles. The van der Waals surface area contributed by atoms with E-state index in [1.807, 2.05) is 0 Å². The maximum absolute atomic E-state index is 2.45. The Kier molecular flexibility index (Phi) is 5.24. The van der Waals surface area contributed by atoms with Crippen LogP contribution >= 0.6 is 0 Å². The number of hydrogen-bond acceptors (Lipinski definition) is 0. The zero-order valence-corrected chi connectivity index (χ0v) is 26.4. The number of allylic oxidation sites excluding steroid dienone is 6. The van der Waals surface area contributed by atoms with E-state index in [2.05, 4.69) is 185 Å². The van der Waals surface area contributed by atoms with Gasteiger partial charge in [-0.1, -0.05) is 115 Å². The highest BCUT2D eigenvalue weighted by molar-refractivity contribution is 6.12. The van der Waals surface area contributed by atoms with E-state index in [0.29, 0.717) is 17.8 Å². The lowest BCUT2D eigenvalue weighted by Gasteiger charge is -2.24. The summed E-state index contributed by atoms with van der Waals surface area (Å²) < 4.78 is 4.80. The first kappa shape index (κ1) is 26.2. The molecule has 0 radical (unpaired) electrons. The molecule has 0 amide bonds. The van der Waals surface area contributed by atoms with Crippen LogP contribution in [0.25, 0.3) is 66.1 Å². The third-order valence-corrected chi connectivity index (χ3v) is 11.3. The number of nitrogens with zero attached hydrogens (tertiary/aromatic N) is 2. The Balaban J connectivity index is 1.04. The molecule has 8 aromatic rings. The monoisotopic (exact) mass is 612 g/mol. The molecule has 12 rings (SSSR count). The van der Waals surface area contributed by atoms with Crippen LogP contribution in [0.3, 0.4) is 0 Å². The van der Waals surface area contributed by atoms with Crippen molar-refractivity contribution in [3.8, 4) is 22.5 Å². The first-order chi connectivity index (χ1) is 23.8. The van der Waals surface area contributed by atoms with Crippen molar-refractivity contribution >= 4 is 43.6 Å². The van der Waals surface area contributed by atoms with Gasteiger partial charge in [-0.15, -0.1) is 0 Å². The topological polar surface area (TPSA) is 9.86 Å². The lowest BCUT2D eigenvalue weighted by molar-refractivity contribution is 0.857. The molecule has 4 aliphatic rings. The summed E-state index contributed by atoms with van der Waals surface area (Å²) in [5.41, 5.74) is 10.9. The number of fused-ring (bicyclic) bond motifs is 6. The van der Waals surface area contributed by atoms with Gasteiger partial charge in [0.15, 0.2) is 0 Å². The molecule has 0 spiro atoms. The van der Waals surface area contributed by atoms with E-state index in [0.717, 1.165) is 0 Å². The third-order valence-electron chi connectivity index (χ3n) is 11.3. The largest absolute Gasteiger partial charge is 0.309 e.